The van der Waals surface area contributed by atoms with Crippen molar-refractivity contribution in [2.45, 2.75) is 19.3 Å². The van der Waals surface area contributed by atoms with Gasteiger partial charge in [0.25, 0.3) is 0 Å². The monoisotopic (exact) mass is 355 g/mol. The quantitative estimate of drug-likeness (QED) is 0.428. The largest absolute Gasteiger partial charge is 0.492 e. The Morgan fingerprint density at radius 1 is 1.15 bits per heavy atom. The molecule has 138 valence electrons. The van der Waals surface area contributed by atoms with Crippen LogP contribution in [0.15, 0.2) is 54.7 Å². The normalized spacial score (nSPS) is 12.7. The van der Waals surface area contributed by atoms with Crippen LogP contribution in [0.3, 0.4) is 0 Å². The molecule has 0 saturated heterocycles. The summed E-state index contributed by atoms with van der Waals surface area (Å²) in [7, 11) is 4.09. The maximum Gasteiger partial charge on any atom is 0.152 e. The highest BCUT2D eigenvalue weighted by Crippen LogP contribution is 2.21. The molecule has 0 aliphatic heterocycles. The Bertz CT molecular complexity index is 860. The first-order chi connectivity index (χ1) is 12.6. The Hall–Kier alpha value is -2.38. The summed E-state index contributed by atoms with van der Waals surface area (Å²) in [5.41, 5.74) is 4.67. The maximum absolute atomic E-state index is 9.73. The second-order valence-corrected chi connectivity index (χ2v) is 6.59. The van der Waals surface area contributed by atoms with Crippen LogP contribution < -0.4 is 10.2 Å². The van der Waals surface area contributed by atoms with Gasteiger partial charge in [-0.2, -0.15) is 5.48 Å². The third kappa shape index (κ3) is 4.42. The molecule has 6 nitrogen and oxygen atoms in total. The summed E-state index contributed by atoms with van der Waals surface area (Å²) in [4.78, 5) is 2.12. The highest BCUT2D eigenvalue weighted by molar-refractivity contribution is 5.80. The van der Waals surface area contributed by atoms with Crippen molar-refractivity contribution in [3.8, 4) is 5.75 Å². The molecule has 0 bridgehead atoms. The molecular weight excluding hydrogens is 330 g/mol. The molecule has 0 aliphatic carbocycles. The number of rotatable bonds is 8. The molecule has 6 heteroatoms. The summed E-state index contributed by atoms with van der Waals surface area (Å²) in [6.45, 7) is 2.11. The van der Waals surface area contributed by atoms with E-state index in [1.807, 2.05) is 56.1 Å². The van der Waals surface area contributed by atoms with Crippen LogP contribution in [0, 0.1) is 0 Å². The number of nitrogens with one attached hydrogen (secondary N) is 1. The number of fused-ring (bicyclic) bond motifs is 1. The molecule has 0 aliphatic rings. The van der Waals surface area contributed by atoms with Crippen molar-refractivity contribution in [2.24, 2.45) is 0 Å². The first-order valence-corrected chi connectivity index (χ1v) is 8.60. The van der Waals surface area contributed by atoms with Crippen molar-refractivity contribution in [3.63, 3.8) is 0 Å². The molecule has 26 heavy (non-hydrogen) atoms. The first-order valence-electron chi connectivity index (χ1n) is 8.60. The molecule has 0 saturated carbocycles. The minimum absolute atomic E-state index is 0.542. The number of hydroxylamine groups is 1. The number of aromatic nitrogens is 1. The van der Waals surface area contributed by atoms with Gasteiger partial charge in [-0.1, -0.05) is 24.3 Å². The highest BCUT2D eigenvalue weighted by atomic mass is 16.5. The Kier molecular flexibility index (Phi) is 5.90. The lowest BCUT2D eigenvalue weighted by Gasteiger charge is -2.13. The molecule has 2 aromatic carbocycles. The van der Waals surface area contributed by atoms with Crippen LogP contribution in [0.2, 0.25) is 0 Å². The average Bonchev–Trinajstić information content (AvgIpc) is 3.03. The highest BCUT2D eigenvalue weighted by Gasteiger charge is 2.08. The fourth-order valence-electron chi connectivity index (χ4n) is 3.00. The number of hydrogen-bond acceptors (Lipinski definition) is 5. The second-order valence-electron chi connectivity index (χ2n) is 6.59. The zero-order valence-electron chi connectivity index (χ0n) is 15.1. The van der Waals surface area contributed by atoms with E-state index in [1.165, 1.54) is 5.56 Å². The van der Waals surface area contributed by atoms with E-state index in [2.05, 4.69) is 21.6 Å². The molecular formula is C20H25N3O3. The van der Waals surface area contributed by atoms with Crippen LogP contribution in [0.5, 0.6) is 5.75 Å². The van der Waals surface area contributed by atoms with Crippen molar-refractivity contribution >= 4 is 10.9 Å². The molecule has 0 amide bonds. The minimum atomic E-state index is -1.10. The van der Waals surface area contributed by atoms with Crippen LogP contribution in [0.25, 0.3) is 10.9 Å². The molecule has 1 atom stereocenters. The Labute approximate surface area is 153 Å². The van der Waals surface area contributed by atoms with Gasteiger partial charge >= 0.3 is 0 Å². The number of hydrogen-bond donors (Lipinski definition) is 3. The summed E-state index contributed by atoms with van der Waals surface area (Å²) in [5, 5.41) is 19.7. The molecule has 1 unspecified atom stereocenters. The summed E-state index contributed by atoms with van der Waals surface area (Å²) in [5.74, 6) is 0.862. The number of benzene rings is 2. The molecule has 3 N–H and O–H groups in total. The van der Waals surface area contributed by atoms with E-state index < -0.39 is 6.23 Å². The van der Waals surface area contributed by atoms with Gasteiger partial charge < -0.3 is 24.5 Å². The van der Waals surface area contributed by atoms with Crippen LogP contribution in [0.1, 0.15) is 17.4 Å². The molecule has 1 aromatic heterocycles. The summed E-state index contributed by atoms with van der Waals surface area (Å²) < 4.78 is 7.98. The zero-order valence-corrected chi connectivity index (χ0v) is 15.1. The topological polar surface area (TPSA) is 69.9 Å². The minimum Gasteiger partial charge on any atom is -0.492 e. The SMILES string of the molecule is CN(C)Cc1cccc(OCCn2ccc3ccc(C(O)NO)cc32)c1. The number of aliphatic hydroxyl groups is 1. The van der Waals surface area contributed by atoms with E-state index in [1.54, 1.807) is 6.07 Å². The molecule has 0 spiro atoms. The summed E-state index contributed by atoms with van der Waals surface area (Å²) >= 11 is 0. The molecule has 0 radical (unpaired) electrons. The van der Waals surface area contributed by atoms with E-state index in [-0.39, 0.29) is 0 Å². The van der Waals surface area contributed by atoms with Gasteiger partial charge in [-0.3, -0.25) is 0 Å². The second kappa shape index (κ2) is 8.33. The molecule has 3 aromatic rings. The Balaban J connectivity index is 1.66. The van der Waals surface area contributed by atoms with Crippen molar-refractivity contribution in [2.75, 3.05) is 20.7 Å². The van der Waals surface area contributed by atoms with Crippen LogP contribution in [-0.2, 0) is 13.1 Å². The average molecular weight is 355 g/mol. The number of ether oxygens (including phenoxy) is 1. The predicted molar refractivity (Wildman–Crippen MR) is 101 cm³/mol. The van der Waals surface area contributed by atoms with Crippen molar-refractivity contribution in [3.05, 3.63) is 65.9 Å². The van der Waals surface area contributed by atoms with E-state index in [9.17, 15) is 5.11 Å². The summed E-state index contributed by atoms with van der Waals surface area (Å²) in [6, 6.07) is 15.7. The Morgan fingerprint density at radius 3 is 2.77 bits per heavy atom. The van der Waals surface area contributed by atoms with Gasteiger partial charge in [0, 0.05) is 18.3 Å². The fourth-order valence-corrected chi connectivity index (χ4v) is 3.00. The van der Waals surface area contributed by atoms with Crippen molar-refractivity contribution < 1.29 is 15.1 Å². The van der Waals surface area contributed by atoms with Gasteiger partial charge in [0.15, 0.2) is 6.23 Å². The molecule has 1 heterocycles. The predicted octanol–water partition coefficient (Wildman–Crippen LogP) is 2.75. The Morgan fingerprint density at radius 2 is 2.00 bits per heavy atom. The number of aliphatic hydroxyl groups excluding tert-OH is 1. The lowest BCUT2D eigenvalue weighted by atomic mass is 10.1. The van der Waals surface area contributed by atoms with Crippen molar-refractivity contribution in [1.82, 2.24) is 14.9 Å². The third-order valence-electron chi connectivity index (χ3n) is 4.23. The standard InChI is InChI=1S/C20H25N3O3/c1-22(2)14-15-4-3-5-18(12-15)26-11-10-23-9-8-16-6-7-17(13-19(16)23)20(24)21-25/h3-9,12-13,20-21,24-25H,10-11,14H2,1-2H3. The van der Waals surface area contributed by atoms with E-state index >= 15 is 0 Å². The van der Waals surface area contributed by atoms with E-state index in [0.29, 0.717) is 18.7 Å². The first kappa shape index (κ1) is 18.4. The van der Waals surface area contributed by atoms with Gasteiger partial charge in [0.05, 0.1) is 6.54 Å². The van der Waals surface area contributed by atoms with Crippen LogP contribution in [0.4, 0.5) is 0 Å². The van der Waals surface area contributed by atoms with Crippen LogP contribution >= 0.6 is 0 Å². The lowest BCUT2D eigenvalue weighted by molar-refractivity contribution is 0.000763. The fraction of sp³-hybridized carbons (Fsp3) is 0.300. The van der Waals surface area contributed by atoms with Gasteiger partial charge in [0.1, 0.15) is 12.4 Å². The zero-order chi connectivity index (χ0) is 18.5. The number of nitrogens with zero attached hydrogens (tertiary/aromatic N) is 2. The van der Waals surface area contributed by atoms with E-state index in [4.69, 9.17) is 9.94 Å². The van der Waals surface area contributed by atoms with Crippen molar-refractivity contribution in [1.29, 1.82) is 0 Å². The maximum atomic E-state index is 9.73. The van der Waals surface area contributed by atoms with Gasteiger partial charge in [-0.15, -0.1) is 0 Å². The molecule has 3 rings (SSSR count). The van der Waals surface area contributed by atoms with Gasteiger partial charge in [0.2, 0.25) is 0 Å². The summed E-state index contributed by atoms with van der Waals surface area (Å²) in [6.07, 6.45) is 0.900. The van der Waals surface area contributed by atoms with Crippen LogP contribution in [-0.4, -0.2) is 40.5 Å². The lowest BCUT2D eigenvalue weighted by Crippen LogP contribution is -2.16. The smallest absolute Gasteiger partial charge is 0.152 e. The third-order valence-corrected chi connectivity index (χ3v) is 4.23. The van der Waals surface area contributed by atoms with E-state index in [0.717, 1.165) is 23.2 Å². The van der Waals surface area contributed by atoms with Gasteiger partial charge in [-0.25, -0.2) is 0 Å². The molecule has 0 fully saturated rings. The van der Waals surface area contributed by atoms with Gasteiger partial charge in [-0.05, 0) is 54.9 Å².